The molecule has 0 radical (unpaired) electrons. The average molecular weight is 363 g/mol. The van der Waals surface area contributed by atoms with Crippen molar-refractivity contribution in [3.8, 4) is 0 Å². The maximum atomic E-state index is 13.2. The van der Waals surface area contributed by atoms with E-state index >= 15 is 0 Å². The Morgan fingerprint density at radius 1 is 1.27 bits per heavy atom. The third-order valence-electron chi connectivity index (χ3n) is 4.68. The maximum absolute atomic E-state index is 13.2. The summed E-state index contributed by atoms with van der Waals surface area (Å²) in [6.07, 6.45) is 6.32. The molecule has 0 aliphatic carbocycles. The van der Waals surface area contributed by atoms with Crippen molar-refractivity contribution in [3.63, 3.8) is 0 Å². The van der Waals surface area contributed by atoms with Gasteiger partial charge in [-0.3, -0.25) is 14.5 Å². The van der Waals surface area contributed by atoms with E-state index in [1.54, 1.807) is 12.1 Å². The average Bonchev–Trinajstić information content (AvgIpc) is 2.61. The number of hydrogen-bond acceptors (Lipinski definition) is 3. The van der Waals surface area contributed by atoms with E-state index in [4.69, 9.17) is 0 Å². The number of anilines is 1. The summed E-state index contributed by atoms with van der Waals surface area (Å²) in [6, 6.07) is 5.85. The summed E-state index contributed by atoms with van der Waals surface area (Å²) in [6.45, 7) is 4.51. The Morgan fingerprint density at radius 2 is 2.12 bits per heavy atom. The molecule has 2 amide bonds. The van der Waals surface area contributed by atoms with Gasteiger partial charge in [0.1, 0.15) is 5.82 Å². The molecule has 2 N–H and O–H groups in total. The van der Waals surface area contributed by atoms with Gasteiger partial charge < -0.3 is 10.6 Å². The van der Waals surface area contributed by atoms with Crippen LogP contribution in [0.3, 0.4) is 0 Å². The minimum atomic E-state index is -0.378. The van der Waals surface area contributed by atoms with Crippen molar-refractivity contribution in [1.29, 1.82) is 0 Å². The zero-order chi connectivity index (χ0) is 18.8. The second-order valence-corrected chi connectivity index (χ2v) is 6.98. The number of carbonyl (C=O) groups excluding carboxylic acids is 2. The first kappa shape index (κ1) is 20.4. The molecule has 6 heteroatoms. The van der Waals surface area contributed by atoms with Gasteiger partial charge in [-0.1, -0.05) is 32.3 Å². The third-order valence-corrected chi connectivity index (χ3v) is 4.68. The van der Waals surface area contributed by atoms with Gasteiger partial charge in [-0.2, -0.15) is 0 Å². The van der Waals surface area contributed by atoms with Crippen molar-refractivity contribution in [1.82, 2.24) is 10.2 Å². The summed E-state index contributed by atoms with van der Waals surface area (Å²) >= 11 is 0. The molecule has 1 saturated heterocycles. The number of nitrogens with one attached hydrogen (secondary N) is 2. The molecule has 2 rings (SSSR count). The molecule has 1 aliphatic rings. The second kappa shape index (κ2) is 10.9. The van der Waals surface area contributed by atoms with Crippen LogP contribution < -0.4 is 10.6 Å². The fourth-order valence-corrected chi connectivity index (χ4v) is 3.29. The fourth-order valence-electron chi connectivity index (χ4n) is 3.29. The zero-order valence-corrected chi connectivity index (χ0v) is 15.6. The molecular weight excluding hydrogens is 333 g/mol. The topological polar surface area (TPSA) is 61.4 Å². The highest BCUT2D eigenvalue weighted by Gasteiger charge is 2.26. The monoisotopic (exact) mass is 363 g/mol. The van der Waals surface area contributed by atoms with E-state index in [9.17, 15) is 14.0 Å². The lowest BCUT2D eigenvalue weighted by Gasteiger charge is -2.31. The van der Waals surface area contributed by atoms with E-state index in [2.05, 4.69) is 17.6 Å². The smallest absolute Gasteiger partial charge is 0.238 e. The van der Waals surface area contributed by atoms with E-state index in [-0.39, 0.29) is 30.1 Å². The zero-order valence-electron chi connectivity index (χ0n) is 15.6. The van der Waals surface area contributed by atoms with E-state index in [1.165, 1.54) is 25.0 Å². The van der Waals surface area contributed by atoms with Crippen LogP contribution in [0.5, 0.6) is 0 Å². The number of nitrogens with zero attached hydrogens (tertiary/aromatic N) is 1. The number of amides is 2. The standard InChI is InChI=1S/C20H30FN3O2/c1-2-3-4-5-11-22-20(26)16-8-7-12-24(14-16)15-19(25)23-18-10-6-9-17(21)13-18/h6,9-10,13,16H,2-5,7-8,11-12,14-15H2,1H3,(H,22,26)(H,23,25). The number of unbranched alkanes of at least 4 members (excludes halogenated alkanes) is 3. The van der Waals surface area contributed by atoms with Crippen molar-refractivity contribution in [2.75, 3.05) is 31.5 Å². The Morgan fingerprint density at radius 3 is 2.88 bits per heavy atom. The lowest BCUT2D eigenvalue weighted by Crippen LogP contribution is -2.45. The largest absolute Gasteiger partial charge is 0.356 e. The van der Waals surface area contributed by atoms with E-state index in [1.807, 2.05) is 4.90 Å². The molecule has 26 heavy (non-hydrogen) atoms. The molecule has 1 aromatic rings. The Labute approximate surface area is 155 Å². The number of benzene rings is 1. The number of halogens is 1. The Bertz CT molecular complexity index is 594. The molecule has 0 spiro atoms. The van der Waals surface area contributed by atoms with Gasteiger partial charge in [-0.25, -0.2) is 4.39 Å². The number of rotatable bonds is 9. The van der Waals surface area contributed by atoms with Gasteiger partial charge in [0.2, 0.25) is 11.8 Å². The van der Waals surface area contributed by atoms with Gasteiger partial charge in [0.05, 0.1) is 12.5 Å². The molecular formula is C20H30FN3O2. The number of carbonyl (C=O) groups is 2. The fraction of sp³-hybridized carbons (Fsp3) is 0.600. The molecule has 1 heterocycles. The van der Waals surface area contributed by atoms with Crippen molar-refractivity contribution in [2.45, 2.75) is 45.4 Å². The van der Waals surface area contributed by atoms with Gasteiger partial charge in [-0.05, 0) is 44.0 Å². The highest BCUT2D eigenvalue weighted by Crippen LogP contribution is 2.17. The van der Waals surface area contributed by atoms with Crippen LogP contribution >= 0.6 is 0 Å². The second-order valence-electron chi connectivity index (χ2n) is 6.98. The first-order chi connectivity index (χ1) is 12.6. The molecule has 0 saturated carbocycles. The SMILES string of the molecule is CCCCCCNC(=O)C1CCCN(CC(=O)Nc2cccc(F)c2)C1. The Kier molecular flexibility index (Phi) is 8.54. The van der Waals surface area contributed by atoms with Crippen LogP contribution in [0.25, 0.3) is 0 Å². The summed E-state index contributed by atoms with van der Waals surface area (Å²) in [5, 5.41) is 5.73. The highest BCUT2D eigenvalue weighted by atomic mass is 19.1. The molecule has 1 unspecified atom stereocenters. The van der Waals surface area contributed by atoms with Gasteiger partial charge in [-0.15, -0.1) is 0 Å². The van der Waals surface area contributed by atoms with Crippen LogP contribution in [0, 0.1) is 11.7 Å². The maximum Gasteiger partial charge on any atom is 0.238 e. The first-order valence-corrected chi connectivity index (χ1v) is 9.64. The van der Waals surface area contributed by atoms with Gasteiger partial charge >= 0.3 is 0 Å². The van der Waals surface area contributed by atoms with E-state index in [0.29, 0.717) is 12.2 Å². The summed E-state index contributed by atoms with van der Waals surface area (Å²) in [7, 11) is 0. The quantitative estimate of drug-likeness (QED) is 0.663. The van der Waals surface area contributed by atoms with Gasteiger partial charge in [0.15, 0.2) is 0 Å². The minimum absolute atomic E-state index is 0.0584. The normalized spacial score (nSPS) is 17.7. The number of piperidine rings is 1. The van der Waals surface area contributed by atoms with Crippen LogP contribution in [-0.4, -0.2) is 42.9 Å². The Balaban J connectivity index is 1.73. The van der Waals surface area contributed by atoms with Crippen LogP contribution in [0.2, 0.25) is 0 Å². The van der Waals surface area contributed by atoms with Crippen LogP contribution in [0.4, 0.5) is 10.1 Å². The lowest BCUT2D eigenvalue weighted by atomic mass is 9.97. The highest BCUT2D eigenvalue weighted by molar-refractivity contribution is 5.92. The number of likely N-dealkylation sites (tertiary alicyclic amines) is 1. The van der Waals surface area contributed by atoms with Crippen molar-refractivity contribution < 1.29 is 14.0 Å². The predicted octanol–water partition coefficient (Wildman–Crippen LogP) is 3.17. The summed E-state index contributed by atoms with van der Waals surface area (Å²) in [5.41, 5.74) is 0.452. The summed E-state index contributed by atoms with van der Waals surface area (Å²) < 4.78 is 13.2. The molecule has 1 aliphatic heterocycles. The molecule has 1 atom stereocenters. The van der Waals surface area contributed by atoms with Crippen LogP contribution in [0.15, 0.2) is 24.3 Å². The summed E-state index contributed by atoms with van der Waals surface area (Å²) in [5.74, 6) is -0.527. The summed E-state index contributed by atoms with van der Waals surface area (Å²) in [4.78, 5) is 26.5. The lowest BCUT2D eigenvalue weighted by molar-refractivity contribution is -0.128. The van der Waals surface area contributed by atoms with E-state index < -0.39 is 0 Å². The van der Waals surface area contributed by atoms with Crippen molar-refractivity contribution in [2.24, 2.45) is 5.92 Å². The van der Waals surface area contributed by atoms with E-state index in [0.717, 1.165) is 38.8 Å². The Hall–Kier alpha value is -1.95. The molecule has 1 aromatic carbocycles. The molecule has 0 aromatic heterocycles. The molecule has 1 fully saturated rings. The van der Waals surface area contributed by atoms with Crippen LogP contribution in [0.1, 0.15) is 45.4 Å². The van der Waals surface area contributed by atoms with Crippen molar-refractivity contribution >= 4 is 17.5 Å². The minimum Gasteiger partial charge on any atom is -0.356 e. The molecule has 0 bridgehead atoms. The van der Waals surface area contributed by atoms with Gasteiger partial charge in [0.25, 0.3) is 0 Å². The molecule has 5 nitrogen and oxygen atoms in total. The van der Waals surface area contributed by atoms with Crippen LogP contribution in [-0.2, 0) is 9.59 Å². The predicted molar refractivity (Wildman–Crippen MR) is 101 cm³/mol. The number of hydrogen-bond donors (Lipinski definition) is 2. The first-order valence-electron chi connectivity index (χ1n) is 9.64. The molecule has 144 valence electrons. The van der Waals surface area contributed by atoms with Gasteiger partial charge in [0, 0.05) is 18.8 Å². The third kappa shape index (κ3) is 7.12. The van der Waals surface area contributed by atoms with Crippen molar-refractivity contribution in [3.05, 3.63) is 30.1 Å².